The van der Waals surface area contributed by atoms with E-state index in [9.17, 15) is 4.79 Å². The van der Waals surface area contributed by atoms with E-state index in [2.05, 4.69) is 32.4 Å². The fourth-order valence-electron chi connectivity index (χ4n) is 1.64. The molecule has 2 aromatic heterocycles. The molecule has 0 spiro atoms. The van der Waals surface area contributed by atoms with Gasteiger partial charge in [-0.25, -0.2) is 19.9 Å². The maximum Gasteiger partial charge on any atom is 0.343 e. The second-order valence-corrected chi connectivity index (χ2v) is 5.92. The quantitative estimate of drug-likeness (QED) is 0.457. The molecule has 0 aliphatic heterocycles. The van der Waals surface area contributed by atoms with E-state index >= 15 is 0 Å². The molecule has 2 heterocycles. The first-order chi connectivity index (χ1) is 10.2. The lowest BCUT2D eigenvalue weighted by Gasteiger charge is -2.08. The van der Waals surface area contributed by atoms with Gasteiger partial charge in [0.2, 0.25) is 0 Å². The van der Waals surface area contributed by atoms with Crippen LogP contribution in [0.1, 0.15) is 20.3 Å². The Balaban J connectivity index is 2.27. The van der Waals surface area contributed by atoms with Gasteiger partial charge in [0, 0.05) is 19.2 Å². The fourth-order valence-corrected chi connectivity index (χ4v) is 2.98. The maximum atomic E-state index is 11.6. The van der Waals surface area contributed by atoms with Crippen molar-refractivity contribution in [1.82, 2.24) is 24.7 Å². The molecule has 0 aliphatic rings. The lowest BCUT2D eigenvalue weighted by Crippen LogP contribution is -2.16. The zero-order valence-corrected chi connectivity index (χ0v) is 13.8. The summed E-state index contributed by atoms with van der Waals surface area (Å²) in [7, 11) is 0. The Labute approximate surface area is 131 Å². The van der Waals surface area contributed by atoms with Crippen LogP contribution in [0.5, 0.6) is 0 Å². The Hall–Kier alpha value is -1.48. The summed E-state index contributed by atoms with van der Waals surface area (Å²) >= 11 is 2.84. The monoisotopic (exact) mass is 326 g/mol. The molecule has 0 bridgehead atoms. The predicted molar refractivity (Wildman–Crippen MR) is 85.2 cm³/mol. The molecule has 0 saturated heterocycles. The van der Waals surface area contributed by atoms with Crippen LogP contribution in [0.25, 0.3) is 0 Å². The lowest BCUT2D eigenvalue weighted by molar-refractivity contribution is 0.659. The molecule has 9 heteroatoms. The van der Waals surface area contributed by atoms with Gasteiger partial charge in [-0.05, 0) is 31.4 Å². The summed E-state index contributed by atoms with van der Waals surface area (Å²) in [5, 5.41) is 11.8. The van der Waals surface area contributed by atoms with Crippen LogP contribution in [0.4, 0.5) is 5.82 Å². The summed E-state index contributed by atoms with van der Waals surface area (Å²) in [6, 6.07) is 1.87. The molecule has 2 aromatic rings. The summed E-state index contributed by atoms with van der Waals surface area (Å²) in [4.78, 5) is 20.4. The highest BCUT2D eigenvalue weighted by atomic mass is 32.2. The molecule has 0 fully saturated rings. The Bertz CT molecular complexity index is 653. The summed E-state index contributed by atoms with van der Waals surface area (Å²) in [5.74, 6) is 0.791. The van der Waals surface area contributed by atoms with Gasteiger partial charge in [0.05, 0.1) is 0 Å². The van der Waals surface area contributed by atoms with Crippen LogP contribution >= 0.6 is 23.5 Å². The molecule has 2 N–H and O–H groups in total. The van der Waals surface area contributed by atoms with E-state index in [0.29, 0.717) is 16.9 Å². The summed E-state index contributed by atoms with van der Waals surface area (Å²) in [6.45, 7) is 5.43. The van der Waals surface area contributed by atoms with Gasteiger partial charge in [-0.1, -0.05) is 18.7 Å². The van der Waals surface area contributed by atoms with Crippen LogP contribution in [0.3, 0.4) is 0 Å². The van der Waals surface area contributed by atoms with Crippen LogP contribution in [0, 0.1) is 0 Å². The molecule has 114 valence electrons. The van der Waals surface area contributed by atoms with Crippen molar-refractivity contribution in [2.45, 2.75) is 42.2 Å². The SMILES string of the molecule is CCCNc1cc(Sc2n[nH]c(=O)n2CC)nc(SC)n1. The molecule has 0 unspecified atom stereocenters. The zero-order chi connectivity index (χ0) is 15.2. The van der Waals surface area contributed by atoms with Crippen LogP contribution in [0.15, 0.2) is 26.2 Å². The molecule has 7 nitrogen and oxygen atoms in total. The normalized spacial score (nSPS) is 10.8. The Morgan fingerprint density at radius 3 is 2.86 bits per heavy atom. The van der Waals surface area contributed by atoms with Crippen LogP contribution in [-0.4, -0.2) is 37.5 Å². The van der Waals surface area contributed by atoms with Gasteiger partial charge < -0.3 is 5.32 Å². The van der Waals surface area contributed by atoms with Crippen molar-refractivity contribution in [3.05, 3.63) is 16.6 Å². The second kappa shape index (κ2) is 7.51. The number of thioether (sulfide) groups is 1. The highest BCUT2D eigenvalue weighted by Crippen LogP contribution is 2.26. The minimum absolute atomic E-state index is 0.205. The van der Waals surface area contributed by atoms with Crippen molar-refractivity contribution >= 4 is 29.3 Å². The van der Waals surface area contributed by atoms with Crippen molar-refractivity contribution in [3.63, 3.8) is 0 Å². The van der Waals surface area contributed by atoms with Gasteiger partial charge in [-0.2, -0.15) is 0 Å². The van der Waals surface area contributed by atoms with Crippen molar-refractivity contribution in [1.29, 1.82) is 0 Å². The van der Waals surface area contributed by atoms with Crippen molar-refractivity contribution in [3.8, 4) is 0 Å². The number of aromatic amines is 1. The number of hydrogen-bond donors (Lipinski definition) is 2. The number of rotatable bonds is 7. The highest BCUT2D eigenvalue weighted by Gasteiger charge is 2.11. The molecular formula is C12H18N6OS2. The van der Waals surface area contributed by atoms with Crippen molar-refractivity contribution < 1.29 is 0 Å². The van der Waals surface area contributed by atoms with Gasteiger partial charge in [0.25, 0.3) is 0 Å². The summed E-state index contributed by atoms with van der Waals surface area (Å²) < 4.78 is 1.57. The molecule has 0 radical (unpaired) electrons. The Morgan fingerprint density at radius 2 is 2.19 bits per heavy atom. The van der Waals surface area contributed by atoms with E-state index in [1.807, 2.05) is 19.2 Å². The number of aromatic nitrogens is 5. The third-order valence-electron chi connectivity index (χ3n) is 2.66. The van der Waals surface area contributed by atoms with Crippen LogP contribution in [0.2, 0.25) is 0 Å². The number of hydrogen-bond acceptors (Lipinski definition) is 7. The molecule has 21 heavy (non-hydrogen) atoms. The first kappa shape index (κ1) is 15.9. The zero-order valence-electron chi connectivity index (χ0n) is 12.2. The average molecular weight is 326 g/mol. The fraction of sp³-hybridized carbons (Fsp3) is 0.500. The number of anilines is 1. The molecule has 0 aliphatic carbocycles. The standard InChI is InChI=1S/C12H18N6OS2/c1-4-6-13-8-7-9(15-10(14-8)20-3)21-12-17-16-11(19)18(12)5-2/h7H,4-6H2,1-3H3,(H,16,19)(H,13,14,15). The second-order valence-electron chi connectivity index (χ2n) is 4.16. The molecular weight excluding hydrogens is 308 g/mol. The van der Waals surface area contributed by atoms with E-state index in [4.69, 9.17) is 0 Å². The third kappa shape index (κ3) is 4.01. The van der Waals surface area contributed by atoms with Crippen LogP contribution < -0.4 is 11.0 Å². The van der Waals surface area contributed by atoms with E-state index < -0.39 is 0 Å². The maximum absolute atomic E-state index is 11.6. The van der Waals surface area contributed by atoms with Gasteiger partial charge in [0.15, 0.2) is 10.3 Å². The number of H-pyrrole nitrogens is 1. The number of nitrogens with zero attached hydrogens (tertiary/aromatic N) is 4. The van der Waals surface area contributed by atoms with E-state index in [0.717, 1.165) is 23.8 Å². The topological polar surface area (TPSA) is 88.5 Å². The minimum atomic E-state index is -0.205. The van der Waals surface area contributed by atoms with Crippen molar-refractivity contribution in [2.24, 2.45) is 0 Å². The molecule has 0 atom stereocenters. The number of nitrogens with one attached hydrogen (secondary N) is 2. The van der Waals surface area contributed by atoms with E-state index in [1.54, 1.807) is 4.57 Å². The first-order valence-electron chi connectivity index (χ1n) is 6.67. The molecule has 2 rings (SSSR count). The Morgan fingerprint density at radius 1 is 1.38 bits per heavy atom. The highest BCUT2D eigenvalue weighted by molar-refractivity contribution is 7.99. The van der Waals surface area contributed by atoms with E-state index in [-0.39, 0.29) is 5.69 Å². The van der Waals surface area contributed by atoms with Gasteiger partial charge in [-0.3, -0.25) is 4.57 Å². The molecule has 0 amide bonds. The predicted octanol–water partition coefficient (Wildman–Crippen LogP) is 2.08. The summed E-state index contributed by atoms with van der Waals surface area (Å²) in [6.07, 6.45) is 2.96. The largest absolute Gasteiger partial charge is 0.370 e. The minimum Gasteiger partial charge on any atom is -0.370 e. The van der Waals surface area contributed by atoms with Gasteiger partial charge in [-0.15, -0.1) is 5.10 Å². The smallest absolute Gasteiger partial charge is 0.343 e. The van der Waals surface area contributed by atoms with Crippen molar-refractivity contribution in [2.75, 3.05) is 18.1 Å². The van der Waals surface area contributed by atoms with Crippen LogP contribution in [-0.2, 0) is 6.54 Å². The first-order valence-corrected chi connectivity index (χ1v) is 8.72. The Kier molecular flexibility index (Phi) is 5.68. The molecule has 0 saturated carbocycles. The van der Waals surface area contributed by atoms with E-state index in [1.165, 1.54) is 23.5 Å². The third-order valence-corrected chi connectivity index (χ3v) is 4.12. The average Bonchev–Trinajstić information content (AvgIpc) is 2.84. The summed E-state index contributed by atoms with van der Waals surface area (Å²) in [5.41, 5.74) is -0.205. The van der Waals surface area contributed by atoms with Gasteiger partial charge >= 0.3 is 5.69 Å². The lowest BCUT2D eigenvalue weighted by atomic mass is 10.4. The van der Waals surface area contributed by atoms with Gasteiger partial charge in [0.1, 0.15) is 10.8 Å². The molecule has 0 aromatic carbocycles.